The van der Waals surface area contributed by atoms with E-state index in [1.165, 1.54) is 5.56 Å². The van der Waals surface area contributed by atoms with Crippen molar-refractivity contribution >= 4 is 0 Å². The molecule has 0 radical (unpaired) electrons. The minimum absolute atomic E-state index is 0.000168. The standard InChI is InChI=1S/C17H20N4O/c18-21-20-12-17(19-11-15-7-3-1-4-8-15)14-22-13-16-9-5-2-6-10-16/h1-10,17,19H,11-14H2/t17-/m0/s1. The number of azide groups is 1. The summed E-state index contributed by atoms with van der Waals surface area (Å²) in [6.45, 7) is 2.15. The van der Waals surface area contributed by atoms with Gasteiger partial charge in [-0.25, -0.2) is 0 Å². The van der Waals surface area contributed by atoms with Gasteiger partial charge >= 0.3 is 0 Å². The smallest absolute Gasteiger partial charge is 0.0717 e. The van der Waals surface area contributed by atoms with Crippen LogP contribution in [0.1, 0.15) is 11.1 Å². The maximum absolute atomic E-state index is 8.49. The molecular weight excluding hydrogens is 276 g/mol. The van der Waals surface area contributed by atoms with Gasteiger partial charge in [0.05, 0.1) is 13.2 Å². The van der Waals surface area contributed by atoms with Gasteiger partial charge in [0.15, 0.2) is 0 Å². The molecule has 0 aliphatic heterocycles. The summed E-state index contributed by atoms with van der Waals surface area (Å²) in [5.41, 5.74) is 10.8. The number of nitrogens with zero attached hydrogens (tertiary/aromatic N) is 3. The summed E-state index contributed by atoms with van der Waals surface area (Å²) in [4.78, 5) is 2.83. The quantitative estimate of drug-likeness (QED) is 0.435. The average molecular weight is 296 g/mol. The SMILES string of the molecule is [N-]=[N+]=NC[C@@H](COCc1ccccc1)NCc1ccccc1. The third kappa shape index (κ3) is 5.97. The van der Waals surface area contributed by atoms with Crippen LogP contribution >= 0.6 is 0 Å². The molecule has 2 aromatic rings. The van der Waals surface area contributed by atoms with E-state index in [0.717, 1.165) is 12.1 Å². The second kappa shape index (κ2) is 9.58. The highest BCUT2D eigenvalue weighted by Gasteiger charge is 2.07. The average Bonchev–Trinajstić information content (AvgIpc) is 2.58. The maximum atomic E-state index is 8.49. The van der Waals surface area contributed by atoms with Crippen LogP contribution in [0.3, 0.4) is 0 Å². The van der Waals surface area contributed by atoms with Gasteiger partial charge < -0.3 is 10.1 Å². The van der Waals surface area contributed by atoms with Gasteiger partial charge in [0.2, 0.25) is 0 Å². The molecule has 22 heavy (non-hydrogen) atoms. The fraction of sp³-hybridized carbons (Fsp3) is 0.294. The van der Waals surface area contributed by atoms with Gasteiger partial charge in [-0.15, -0.1) is 0 Å². The lowest BCUT2D eigenvalue weighted by molar-refractivity contribution is 0.0999. The maximum Gasteiger partial charge on any atom is 0.0717 e. The molecular formula is C17H20N4O. The van der Waals surface area contributed by atoms with Crippen LogP contribution in [0.5, 0.6) is 0 Å². The second-order valence-electron chi connectivity index (χ2n) is 4.98. The van der Waals surface area contributed by atoms with Crippen LogP contribution < -0.4 is 5.32 Å². The van der Waals surface area contributed by atoms with Gasteiger partial charge in [0.25, 0.3) is 0 Å². The molecule has 1 N–H and O–H groups in total. The predicted octanol–water partition coefficient (Wildman–Crippen LogP) is 3.67. The lowest BCUT2D eigenvalue weighted by Gasteiger charge is -2.17. The zero-order valence-corrected chi connectivity index (χ0v) is 12.4. The molecule has 0 saturated carbocycles. The van der Waals surface area contributed by atoms with E-state index >= 15 is 0 Å². The van der Waals surface area contributed by atoms with Crippen molar-refractivity contribution in [2.24, 2.45) is 5.11 Å². The molecule has 0 saturated heterocycles. The molecule has 2 aromatic carbocycles. The van der Waals surface area contributed by atoms with E-state index in [9.17, 15) is 0 Å². The number of benzene rings is 2. The molecule has 114 valence electrons. The highest BCUT2D eigenvalue weighted by Crippen LogP contribution is 2.03. The lowest BCUT2D eigenvalue weighted by atomic mass is 10.2. The minimum Gasteiger partial charge on any atom is -0.375 e. The first kappa shape index (κ1) is 16.0. The summed E-state index contributed by atoms with van der Waals surface area (Å²) in [6.07, 6.45) is 0. The Balaban J connectivity index is 1.79. The Morgan fingerprint density at radius 2 is 1.64 bits per heavy atom. The van der Waals surface area contributed by atoms with Crippen molar-refractivity contribution in [3.8, 4) is 0 Å². The lowest BCUT2D eigenvalue weighted by Crippen LogP contribution is -2.35. The monoisotopic (exact) mass is 296 g/mol. The van der Waals surface area contributed by atoms with Gasteiger partial charge in [0.1, 0.15) is 0 Å². The van der Waals surface area contributed by atoms with Crippen molar-refractivity contribution < 1.29 is 4.74 Å². The molecule has 0 amide bonds. The normalized spacial score (nSPS) is 11.6. The molecule has 0 aliphatic rings. The van der Waals surface area contributed by atoms with E-state index in [4.69, 9.17) is 10.3 Å². The molecule has 5 heteroatoms. The van der Waals surface area contributed by atoms with E-state index in [0.29, 0.717) is 19.8 Å². The van der Waals surface area contributed by atoms with Crippen LogP contribution in [-0.2, 0) is 17.9 Å². The topological polar surface area (TPSA) is 70.0 Å². The Bertz CT molecular complexity index is 582. The van der Waals surface area contributed by atoms with E-state index in [1.807, 2.05) is 48.5 Å². The van der Waals surface area contributed by atoms with Crippen molar-refractivity contribution in [2.45, 2.75) is 19.2 Å². The molecule has 5 nitrogen and oxygen atoms in total. The largest absolute Gasteiger partial charge is 0.375 e. The molecule has 0 spiro atoms. The predicted molar refractivity (Wildman–Crippen MR) is 87.2 cm³/mol. The number of hydrogen-bond donors (Lipinski definition) is 1. The molecule has 0 aliphatic carbocycles. The third-order valence-corrected chi connectivity index (χ3v) is 3.23. The molecule has 2 rings (SSSR count). The summed E-state index contributed by atoms with van der Waals surface area (Å²) in [6, 6.07) is 20.1. The van der Waals surface area contributed by atoms with Gasteiger partial charge in [0, 0.05) is 24.0 Å². The van der Waals surface area contributed by atoms with Crippen molar-refractivity contribution in [1.82, 2.24) is 5.32 Å². The molecule has 0 bridgehead atoms. The van der Waals surface area contributed by atoms with Gasteiger partial charge in [-0.1, -0.05) is 65.8 Å². The Kier molecular flexibility index (Phi) is 6.99. The fourth-order valence-electron chi connectivity index (χ4n) is 2.06. The molecule has 0 heterocycles. The summed E-state index contributed by atoms with van der Waals surface area (Å²) in [7, 11) is 0. The summed E-state index contributed by atoms with van der Waals surface area (Å²) < 4.78 is 5.72. The third-order valence-electron chi connectivity index (χ3n) is 3.23. The van der Waals surface area contributed by atoms with Crippen LogP contribution in [0.25, 0.3) is 10.4 Å². The van der Waals surface area contributed by atoms with Crippen LogP contribution in [-0.4, -0.2) is 19.2 Å². The van der Waals surface area contributed by atoms with Crippen molar-refractivity contribution in [1.29, 1.82) is 0 Å². The Morgan fingerprint density at radius 1 is 1.00 bits per heavy atom. The Morgan fingerprint density at radius 3 is 2.27 bits per heavy atom. The van der Waals surface area contributed by atoms with E-state index in [-0.39, 0.29) is 6.04 Å². The van der Waals surface area contributed by atoms with Crippen LogP contribution in [0.2, 0.25) is 0 Å². The zero-order valence-electron chi connectivity index (χ0n) is 12.4. The minimum atomic E-state index is -0.000168. The fourth-order valence-corrected chi connectivity index (χ4v) is 2.06. The highest BCUT2D eigenvalue weighted by atomic mass is 16.5. The van der Waals surface area contributed by atoms with E-state index in [1.54, 1.807) is 0 Å². The van der Waals surface area contributed by atoms with Crippen LogP contribution in [0.15, 0.2) is 65.8 Å². The van der Waals surface area contributed by atoms with Crippen molar-refractivity contribution in [3.63, 3.8) is 0 Å². The van der Waals surface area contributed by atoms with Crippen LogP contribution in [0.4, 0.5) is 0 Å². The molecule has 0 unspecified atom stereocenters. The number of ether oxygens (including phenoxy) is 1. The van der Waals surface area contributed by atoms with Crippen molar-refractivity contribution in [3.05, 3.63) is 82.2 Å². The second-order valence-corrected chi connectivity index (χ2v) is 4.98. The first-order chi connectivity index (χ1) is 10.9. The first-order valence-corrected chi connectivity index (χ1v) is 7.28. The van der Waals surface area contributed by atoms with Gasteiger partial charge in [-0.3, -0.25) is 0 Å². The van der Waals surface area contributed by atoms with Crippen molar-refractivity contribution in [2.75, 3.05) is 13.2 Å². The first-order valence-electron chi connectivity index (χ1n) is 7.28. The van der Waals surface area contributed by atoms with Gasteiger partial charge in [-0.2, -0.15) is 0 Å². The van der Waals surface area contributed by atoms with Crippen LogP contribution in [0, 0.1) is 0 Å². The highest BCUT2D eigenvalue weighted by molar-refractivity contribution is 5.14. The molecule has 0 aromatic heterocycles. The van der Waals surface area contributed by atoms with Gasteiger partial charge in [-0.05, 0) is 16.7 Å². The summed E-state index contributed by atoms with van der Waals surface area (Å²) >= 11 is 0. The zero-order chi connectivity index (χ0) is 15.5. The molecule has 1 atom stereocenters. The Labute approximate surface area is 130 Å². The molecule has 0 fully saturated rings. The number of nitrogens with one attached hydrogen (secondary N) is 1. The number of hydrogen-bond acceptors (Lipinski definition) is 3. The Hall–Kier alpha value is -2.33. The van der Waals surface area contributed by atoms with E-state index in [2.05, 4.69) is 27.5 Å². The summed E-state index contributed by atoms with van der Waals surface area (Å²) in [5.74, 6) is 0. The number of rotatable bonds is 9. The van der Waals surface area contributed by atoms with E-state index < -0.39 is 0 Å². The summed E-state index contributed by atoms with van der Waals surface area (Å²) in [5, 5.41) is 7.02.